The van der Waals surface area contributed by atoms with Gasteiger partial charge in [-0.05, 0) is 31.7 Å². The summed E-state index contributed by atoms with van der Waals surface area (Å²) in [7, 11) is 0. The standard InChI is InChI=1S/C14H19N3O2S/c1-2-10-8-11-13(16-9-17-14(11)20-10)15-7-5-3-4-6-12(18)19/h8-9H,2-7H2,1H3,(H,18,19)(H,15,16,17)/p-1. The van der Waals surface area contributed by atoms with Gasteiger partial charge < -0.3 is 15.2 Å². The van der Waals surface area contributed by atoms with Crippen LogP contribution in [0.1, 0.15) is 37.5 Å². The van der Waals surface area contributed by atoms with Crippen molar-refractivity contribution in [1.29, 1.82) is 0 Å². The van der Waals surface area contributed by atoms with Crippen LogP contribution in [0.3, 0.4) is 0 Å². The molecule has 2 aromatic heterocycles. The van der Waals surface area contributed by atoms with E-state index in [4.69, 9.17) is 0 Å². The van der Waals surface area contributed by atoms with E-state index in [0.29, 0.717) is 6.42 Å². The van der Waals surface area contributed by atoms with Gasteiger partial charge in [-0.15, -0.1) is 11.3 Å². The maximum absolute atomic E-state index is 10.3. The molecule has 0 bridgehead atoms. The Morgan fingerprint density at radius 1 is 1.35 bits per heavy atom. The summed E-state index contributed by atoms with van der Waals surface area (Å²) in [4.78, 5) is 21.2. The van der Waals surface area contributed by atoms with Crippen LogP contribution in [-0.2, 0) is 11.2 Å². The second kappa shape index (κ2) is 7.19. The lowest BCUT2D eigenvalue weighted by Gasteiger charge is -2.06. The monoisotopic (exact) mass is 292 g/mol. The molecule has 0 radical (unpaired) electrons. The first-order valence-corrected chi connectivity index (χ1v) is 7.69. The van der Waals surface area contributed by atoms with Crippen molar-refractivity contribution in [1.82, 2.24) is 9.97 Å². The highest BCUT2D eigenvalue weighted by atomic mass is 32.1. The summed E-state index contributed by atoms with van der Waals surface area (Å²) in [5, 5.41) is 14.7. The first-order chi connectivity index (χ1) is 9.70. The van der Waals surface area contributed by atoms with Gasteiger partial charge in [0.1, 0.15) is 17.0 Å². The number of aliphatic carboxylic acids is 1. The average Bonchev–Trinajstić information content (AvgIpc) is 2.86. The fourth-order valence-corrected chi connectivity index (χ4v) is 2.93. The van der Waals surface area contributed by atoms with Crippen molar-refractivity contribution in [3.05, 3.63) is 17.3 Å². The Hall–Kier alpha value is -1.69. The zero-order chi connectivity index (χ0) is 14.4. The summed E-state index contributed by atoms with van der Waals surface area (Å²) in [5.74, 6) is -0.105. The lowest BCUT2D eigenvalue weighted by atomic mass is 10.2. The van der Waals surface area contributed by atoms with E-state index in [1.54, 1.807) is 17.7 Å². The van der Waals surface area contributed by atoms with Crippen molar-refractivity contribution >= 4 is 33.3 Å². The largest absolute Gasteiger partial charge is 0.550 e. The van der Waals surface area contributed by atoms with Crippen LogP contribution in [0.5, 0.6) is 0 Å². The van der Waals surface area contributed by atoms with Crippen LogP contribution in [0.4, 0.5) is 5.82 Å². The van der Waals surface area contributed by atoms with E-state index in [-0.39, 0.29) is 6.42 Å². The first kappa shape index (κ1) is 14.7. The lowest BCUT2D eigenvalue weighted by Crippen LogP contribution is -2.21. The quantitative estimate of drug-likeness (QED) is 0.753. The number of unbranched alkanes of at least 4 members (excludes halogenated alkanes) is 2. The molecular weight excluding hydrogens is 274 g/mol. The molecule has 20 heavy (non-hydrogen) atoms. The predicted molar refractivity (Wildman–Crippen MR) is 78.8 cm³/mol. The van der Waals surface area contributed by atoms with Crippen LogP contribution < -0.4 is 10.4 Å². The Bertz CT molecular complexity index is 583. The van der Waals surface area contributed by atoms with Gasteiger partial charge in [0, 0.05) is 17.4 Å². The third-order valence-electron chi connectivity index (χ3n) is 3.08. The van der Waals surface area contributed by atoms with E-state index in [1.807, 2.05) is 0 Å². The smallest absolute Gasteiger partial charge is 0.138 e. The van der Waals surface area contributed by atoms with Gasteiger partial charge in [-0.25, -0.2) is 9.97 Å². The Labute approximate surface area is 122 Å². The first-order valence-electron chi connectivity index (χ1n) is 6.88. The Morgan fingerprint density at radius 2 is 2.20 bits per heavy atom. The summed E-state index contributed by atoms with van der Waals surface area (Å²) < 4.78 is 0. The summed E-state index contributed by atoms with van der Waals surface area (Å²) >= 11 is 1.70. The highest BCUT2D eigenvalue weighted by molar-refractivity contribution is 7.18. The molecule has 0 spiro atoms. The normalized spacial score (nSPS) is 10.8. The van der Waals surface area contributed by atoms with Gasteiger partial charge >= 0.3 is 0 Å². The molecule has 0 unspecified atom stereocenters. The third-order valence-corrected chi connectivity index (χ3v) is 4.27. The molecule has 0 saturated carbocycles. The van der Waals surface area contributed by atoms with Gasteiger partial charge in [0.15, 0.2) is 0 Å². The highest BCUT2D eigenvalue weighted by Gasteiger charge is 2.07. The topological polar surface area (TPSA) is 77.9 Å². The number of hydrogen-bond donors (Lipinski definition) is 1. The van der Waals surface area contributed by atoms with Gasteiger partial charge in [-0.1, -0.05) is 13.3 Å². The molecule has 0 saturated heterocycles. The van der Waals surface area contributed by atoms with Crippen LogP contribution in [-0.4, -0.2) is 22.5 Å². The number of aryl methyl sites for hydroxylation is 1. The van der Waals surface area contributed by atoms with Crippen LogP contribution in [0.25, 0.3) is 10.2 Å². The van der Waals surface area contributed by atoms with Crippen LogP contribution in [0.15, 0.2) is 12.4 Å². The number of nitrogens with zero attached hydrogens (tertiary/aromatic N) is 2. The maximum atomic E-state index is 10.3. The van der Waals surface area contributed by atoms with E-state index in [0.717, 1.165) is 41.8 Å². The molecule has 0 atom stereocenters. The number of aromatic nitrogens is 2. The molecule has 108 valence electrons. The molecule has 6 heteroatoms. The third kappa shape index (κ3) is 3.90. The summed E-state index contributed by atoms with van der Waals surface area (Å²) in [6.45, 7) is 2.92. The number of hydrogen-bond acceptors (Lipinski definition) is 6. The second-order valence-electron chi connectivity index (χ2n) is 4.62. The van der Waals surface area contributed by atoms with Gasteiger partial charge in [0.05, 0.1) is 5.39 Å². The fraction of sp³-hybridized carbons (Fsp3) is 0.500. The van der Waals surface area contributed by atoms with E-state index in [9.17, 15) is 9.90 Å². The number of carboxylic acid groups (broad SMARTS) is 1. The molecule has 2 aromatic rings. The van der Waals surface area contributed by atoms with Gasteiger partial charge in [0.25, 0.3) is 0 Å². The number of carboxylic acids is 1. The van der Waals surface area contributed by atoms with Gasteiger partial charge in [0.2, 0.25) is 0 Å². The van der Waals surface area contributed by atoms with E-state index in [1.165, 1.54) is 4.88 Å². The molecule has 0 fully saturated rings. The number of thiophene rings is 1. The minimum absolute atomic E-state index is 0.141. The minimum Gasteiger partial charge on any atom is -0.550 e. The van der Waals surface area contributed by atoms with Crippen molar-refractivity contribution in [3.8, 4) is 0 Å². The molecule has 0 amide bonds. The summed E-state index contributed by atoms with van der Waals surface area (Å²) in [5.41, 5.74) is 0. The van der Waals surface area contributed by atoms with Crippen molar-refractivity contribution in [2.45, 2.75) is 39.0 Å². The predicted octanol–water partition coefficient (Wildman–Crippen LogP) is 1.98. The SMILES string of the molecule is CCc1cc2c(NCCCCCC(=O)[O-])ncnc2s1. The Morgan fingerprint density at radius 3 is 2.95 bits per heavy atom. The average molecular weight is 292 g/mol. The van der Waals surface area contributed by atoms with E-state index in [2.05, 4.69) is 28.3 Å². The molecule has 1 N–H and O–H groups in total. The number of nitrogens with one attached hydrogen (secondary N) is 1. The Balaban J connectivity index is 1.86. The molecule has 0 aliphatic carbocycles. The van der Waals surface area contributed by atoms with E-state index < -0.39 is 5.97 Å². The Kier molecular flexibility index (Phi) is 5.29. The lowest BCUT2D eigenvalue weighted by molar-refractivity contribution is -0.305. The molecule has 0 aliphatic rings. The number of carbonyl (C=O) groups excluding carboxylic acids is 1. The van der Waals surface area contributed by atoms with Gasteiger partial charge in [-0.3, -0.25) is 0 Å². The minimum atomic E-state index is -0.971. The van der Waals surface area contributed by atoms with Crippen LogP contribution in [0.2, 0.25) is 0 Å². The zero-order valence-electron chi connectivity index (χ0n) is 11.5. The number of carbonyl (C=O) groups is 1. The molecule has 2 rings (SSSR count). The molecular formula is C14H18N3O2S-. The summed E-state index contributed by atoms with van der Waals surface area (Å²) in [6, 6.07) is 2.14. The number of fused-ring (bicyclic) bond motifs is 1. The maximum Gasteiger partial charge on any atom is 0.138 e. The summed E-state index contributed by atoms with van der Waals surface area (Å²) in [6.07, 6.45) is 5.19. The highest BCUT2D eigenvalue weighted by Crippen LogP contribution is 2.28. The molecule has 5 nitrogen and oxygen atoms in total. The molecule has 2 heterocycles. The fourth-order valence-electron chi connectivity index (χ4n) is 2.00. The molecule has 0 aromatic carbocycles. The van der Waals surface area contributed by atoms with Crippen molar-refractivity contribution < 1.29 is 9.90 Å². The zero-order valence-corrected chi connectivity index (χ0v) is 12.3. The van der Waals surface area contributed by atoms with Crippen LogP contribution in [0, 0.1) is 0 Å². The van der Waals surface area contributed by atoms with Gasteiger partial charge in [-0.2, -0.15) is 0 Å². The number of anilines is 1. The second-order valence-corrected chi connectivity index (χ2v) is 5.73. The number of rotatable bonds is 8. The molecule has 0 aliphatic heterocycles. The van der Waals surface area contributed by atoms with Crippen molar-refractivity contribution in [3.63, 3.8) is 0 Å². The van der Waals surface area contributed by atoms with Crippen LogP contribution >= 0.6 is 11.3 Å². The van der Waals surface area contributed by atoms with Crippen molar-refractivity contribution in [2.75, 3.05) is 11.9 Å². The van der Waals surface area contributed by atoms with Crippen molar-refractivity contribution in [2.24, 2.45) is 0 Å². The van der Waals surface area contributed by atoms with E-state index >= 15 is 0 Å².